The lowest BCUT2D eigenvalue weighted by molar-refractivity contribution is -0.134. The largest absolute Gasteiger partial charge is 0.390 e. The van der Waals surface area contributed by atoms with Crippen molar-refractivity contribution in [2.24, 2.45) is 5.92 Å². The van der Waals surface area contributed by atoms with Crippen LogP contribution in [-0.2, 0) is 11.3 Å². The van der Waals surface area contributed by atoms with Crippen LogP contribution < -0.4 is 0 Å². The Bertz CT molecular complexity index is 549. The number of hydrogen-bond donors (Lipinski definition) is 1. The van der Waals surface area contributed by atoms with E-state index in [0.29, 0.717) is 19.0 Å². The quantitative estimate of drug-likeness (QED) is 0.903. The van der Waals surface area contributed by atoms with E-state index >= 15 is 0 Å². The highest BCUT2D eigenvalue weighted by atomic mass is 19.1. The summed E-state index contributed by atoms with van der Waals surface area (Å²) in [7, 11) is 1.90. The molecule has 0 bridgehead atoms. The van der Waals surface area contributed by atoms with Gasteiger partial charge in [-0.15, -0.1) is 0 Å². The van der Waals surface area contributed by atoms with Crippen molar-refractivity contribution in [2.45, 2.75) is 37.8 Å². The van der Waals surface area contributed by atoms with Crippen molar-refractivity contribution in [3.63, 3.8) is 0 Å². The topological polar surface area (TPSA) is 43.8 Å². The monoisotopic (exact) mass is 320 g/mol. The first-order chi connectivity index (χ1) is 11.0. The minimum absolute atomic E-state index is 0.135. The van der Waals surface area contributed by atoms with Gasteiger partial charge in [-0.1, -0.05) is 12.1 Å². The molecule has 23 heavy (non-hydrogen) atoms. The van der Waals surface area contributed by atoms with Crippen LogP contribution in [0.1, 0.15) is 31.2 Å². The lowest BCUT2D eigenvalue weighted by Gasteiger charge is -2.35. The maximum Gasteiger partial charge on any atom is 0.236 e. The predicted octanol–water partition coefficient (Wildman–Crippen LogP) is 2.02. The molecular formula is C18H25FN2O2. The number of halogens is 1. The number of likely N-dealkylation sites (tertiary alicyclic amines) is 1. The van der Waals surface area contributed by atoms with Crippen LogP contribution in [0.3, 0.4) is 0 Å². The molecule has 0 spiro atoms. The lowest BCUT2D eigenvalue weighted by Crippen LogP contribution is -2.45. The molecule has 0 atom stereocenters. The average Bonchev–Trinajstić information content (AvgIpc) is 3.29. The van der Waals surface area contributed by atoms with Gasteiger partial charge in [0.15, 0.2) is 0 Å². The molecule has 0 radical (unpaired) electrons. The molecule has 3 rings (SSSR count). The molecule has 1 amide bonds. The summed E-state index contributed by atoms with van der Waals surface area (Å²) in [6.07, 6.45) is 3.66. The van der Waals surface area contributed by atoms with Crippen LogP contribution in [0.15, 0.2) is 24.3 Å². The molecule has 1 saturated heterocycles. The molecule has 1 heterocycles. The van der Waals surface area contributed by atoms with Gasteiger partial charge in [0.05, 0.1) is 12.1 Å². The molecular weight excluding hydrogens is 295 g/mol. The van der Waals surface area contributed by atoms with E-state index in [1.807, 2.05) is 16.8 Å². The molecule has 1 N–H and O–H groups in total. The summed E-state index contributed by atoms with van der Waals surface area (Å²) in [6.45, 7) is 2.49. The second kappa shape index (κ2) is 6.57. The molecule has 5 heteroatoms. The molecule has 1 aliphatic carbocycles. The van der Waals surface area contributed by atoms with Gasteiger partial charge < -0.3 is 10.0 Å². The second-order valence-corrected chi connectivity index (χ2v) is 7.06. The van der Waals surface area contributed by atoms with E-state index in [-0.39, 0.29) is 11.7 Å². The molecule has 0 aromatic heterocycles. The van der Waals surface area contributed by atoms with E-state index in [9.17, 15) is 14.3 Å². The molecule has 4 nitrogen and oxygen atoms in total. The summed E-state index contributed by atoms with van der Waals surface area (Å²) in [5, 5.41) is 10.2. The zero-order valence-corrected chi connectivity index (χ0v) is 13.7. The smallest absolute Gasteiger partial charge is 0.236 e. The van der Waals surface area contributed by atoms with Crippen molar-refractivity contribution in [3.8, 4) is 0 Å². The summed E-state index contributed by atoms with van der Waals surface area (Å²) in [5.74, 6) is 0.256. The third-order valence-corrected chi connectivity index (χ3v) is 5.14. The van der Waals surface area contributed by atoms with Gasteiger partial charge in [-0.2, -0.15) is 0 Å². The third kappa shape index (κ3) is 4.09. The highest BCUT2D eigenvalue weighted by Crippen LogP contribution is 2.46. The van der Waals surface area contributed by atoms with Crippen LogP contribution in [0.2, 0.25) is 0 Å². The minimum Gasteiger partial charge on any atom is -0.390 e. The number of benzene rings is 1. The zero-order chi connectivity index (χ0) is 16.4. The van der Waals surface area contributed by atoms with E-state index < -0.39 is 5.60 Å². The summed E-state index contributed by atoms with van der Waals surface area (Å²) in [4.78, 5) is 16.2. The van der Waals surface area contributed by atoms with Gasteiger partial charge in [0.25, 0.3) is 0 Å². The Morgan fingerprint density at radius 2 is 1.91 bits per heavy atom. The van der Waals surface area contributed by atoms with Crippen molar-refractivity contribution >= 4 is 5.91 Å². The highest BCUT2D eigenvalue weighted by Gasteiger charge is 2.48. The van der Waals surface area contributed by atoms with Crippen LogP contribution in [0.5, 0.6) is 0 Å². The van der Waals surface area contributed by atoms with Crippen LogP contribution in [0, 0.1) is 11.7 Å². The molecule has 1 saturated carbocycles. The van der Waals surface area contributed by atoms with Crippen LogP contribution >= 0.6 is 0 Å². The van der Waals surface area contributed by atoms with Gasteiger partial charge >= 0.3 is 0 Å². The second-order valence-electron chi connectivity index (χ2n) is 7.06. The number of nitrogens with zero attached hydrogens (tertiary/aromatic N) is 2. The van der Waals surface area contributed by atoms with Gasteiger partial charge in [0.2, 0.25) is 5.91 Å². The summed E-state index contributed by atoms with van der Waals surface area (Å²) in [5.41, 5.74) is 0.575. The lowest BCUT2D eigenvalue weighted by atomic mass is 9.89. The van der Waals surface area contributed by atoms with E-state index in [4.69, 9.17) is 0 Å². The number of amides is 1. The van der Waals surface area contributed by atoms with Crippen molar-refractivity contribution in [1.29, 1.82) is 0 Å². The Kier molecular flexibility index (Phi) is 4.69. The minimum atomic E-state index is -0.422. The molecule has 126 valence electrons. The summed E-state index contributed by atoms with van der Waals surface area (Å²) in [6, 6.07) is 6.38. The Balaban J connectivity index is 1.44. The molecule has 0 unspecified atom stereocenters. The van der Waals surface area contributed by atoms with Gasteiger partial charge in [0.1, 0.15) is 5.82 Å². The summed E-state index contributed by atoms with van der Waals surface area (Å²) < 4.78 is 12.9. The maximum atomic E-state index is 12.9. The van der Waals surface area contributed by atoms with Crippen LogP contribution in [0.25, 0.3) is 0 Å². The number of aliphatic hydroxyl groups is 1. The van der Waals surface area contributed by atoms with Gasteiger partial charge in [0, 0.05) is 19.6 Å². The molecule has 2 fully saturated rings. The molecule has 1 aromatic rings. The predicted molar refractivity (Wildman–Crippen MR) is 86.2 cm³/mol. The van der Waals surface area contributed by atoms with Gasteiger partial charge in [-0.25, -0.2) is 4.39 Å². The number of carbonyl (C=O) groups is 1. The Labute approximate surface area is 136 Å². The standard InChI is InChI=1S/C18H25FN2O2/c1-20(12-14-2-4-16(19)5-3-14)13-17(22)21-10-6-15(7-11-21)18(23)8-9-18/h2-5,15,23H,6-13H2,1H3. The SMILES string of the molecule is CN(CC(=O)N1CCC(C2(O)CC2)CC1)Cc1ccc(F)cc1. The van der Waals surface area contributed by atoms with Crippen molar-refractivity contribution in [3.05, 3.63) is 35.6 Å². The summed E-state index contributed by atoms with van der Waals surface area (Å²) >= 11 is 0. The van der Waals surface area contributed by atoms with E-state index in [1.54, 1.807) is 12.1 Å². The zero-order valence-electron chi connectivity index (χ0n) is 13.7. The number of piperidine rings is 1. The maximum absolute atomic E-state index is 12.9. The van der Waals surface area contributed by atoms with Crippen LogP contribution in [-0.4, -0.2) is 53.1 Å². The fourth-order valence-corrected chi connectivity index (χ4v) is 3.49. The molecule has 1 aliphatic heterocycles. The Hall–Kier alpha value is -1.46. The first-order valence-electron chi connectivity index (χ1n) is 8.39. The number of rotatable bonds is 5. The Morgan fingerprint density at radius 1 is 1.30 bits per heavy atom. The van der Waals surface area contributed by atoms with Crippen molar-refractivity contribution in [2.75, 3.05) is 26.7 Å². The van der Waals surface area contributed by atoms with Crippen molar-refractivity contribution < 1.29 is 14.3 Å². The Morgan fingerprint density at radius 3 is 2.48 bits per heavy atom. The highest BCUT2D eigenvalue weighted by molar-refractivity contribution is 5.78. The number of likely N-dealkylation sites (N-methyl/N-ethyl adjacent to an activating group) is 1. The van der Waals surface area contributed by atoms with E-state index in [2.05, 4.69) is 0 Å². The van der Waals surface area contributed by atoms with E-state index in [0.717, 1.165) is 44.3 Å². The fourth-order valence-electron chi connectivity index (χ4n) is 3.49. The number of hydrogen-bond acceptors (Lipinski definition) is 3. The molecule has 2 aliphatic rings. The first kappa shape index (κ1) is 16.4. The third-order valence-electron chi connectivity index (χ3n) is 5.14. The fraction of sp³-hybridized carbons (Fsp3) is 0.611. The van der Waals surface area contributed by atoms with Crippen LogP contribution in [0.4, 0.5) is 4.39 Å². The van der Waals surface area contributed by atoms with Gasteiger partial charge in [-0.3, -0.25) is 9.69 Å². The first-order valence-corrected chi connectivity index (χ1v) is 8.39. The normalized spacial score (nSPS) is 20.8. The molecule has 1 aromatic carbocycles. The average molecular weight is 320 g/mol. The van der Waals surface area contributed by atoms with Gasteiger partial charge in [-0.05, 0) is 56.3 Å². The number of carbonyl (C=O) groups excluding carboxylic acids is 1. The van der Waals surface area contributed by atoms with E-state index in [1.165, 1.54) is 12.1 Å². The van der Waals surface area contributed by atoms with Crippen molar-refractivity contribution in [1.82, 2.24) is 9.80 Å².